The van der Waals surface area contributed by atoms with E-state index in [1.54, 1.807) is 11.3 Å². The van der Waals surface area contributed by atoms with Crippen LogP contribution in [0.25, 0.3) is 0 Å². The van der Waals surface area contributed by atoms with Crippen molar-refractivity contribution in [2.75, 3.05) is 11.5 Å². The van der Waals surface area contributed by atoms with Crippen molar-refractivity contribution >= 4 is 27.1 Å². The van der Waals surface area contributed by atoms with Crippen molar-refractivity contribution in [3.63, 3.8) is 0 Å². The number of amides is 1. The second-order valence-electron chi connectivity index (χ2n) is 6.88. The van der Waals surface area contributed by atoms with Gasteiger partial charge in [0.1, 0.15) is 0 Å². The Morgan fingerprint density at radius 3 is 2.36 bits per heavy atom. The highest BCUT2D eigenvalue weighted by molar-refractivity contribution is 7.91. The van der Waals surface area contributed by atoms with Gasteiger partial charge in [0, 0.05) is 4.88 Å². The van der Waals surface area contributed by atoms with Gasteiger partial charge in [0.2, 0.25) is 5.91 Å². The van der Waals surface area contributed by atoms with Crippen LogP contribution in [0.5, 0.6) is 0 Å². The Morgan fingerprint density at radius 1 is 1.16 bits per heavy atom. The van der Waals surface area contributed by atoms with Crippen LogP contribution in [0.2, 0.25) is 0 Å². The molecule has 0 radical (unpaired) electrons. The van der Waals surface area contributed by atoms with Crippen molar-refractivity contribution in [2.24, 2.45) is 5.92 Å². The molecule has 25 heavy (non-hydrogen) atoms. The van der Waals surface area contributed by atoms with E-state index in [1.165, 1.54) is 5.56 Å². The Labute approximate surface area is 153 Å². The Hall–Kier alpha value is -1.66. The van der Waals surface area contributed by atoms with E-state index in [4.69, 9.17) is 0 Å². The van der Waals surface area contributed by atoms with Crippen LogP contribution in [-0.4, -0.2) is 25.8 Å². The van der Waals surface area contributed by atoms with Gasteiger partial charge in [-0.2, -0.15) is 0 Å². The molecule has 1 aliphatic heterocycles. The van der Waals surface area contributed by atoms with Gasteiger partial charge in [0.05, 0.1) is 23.5 Å². The Morgan fingerprint density at radius 2 is 1.84 bits per heavy atom. The normalized spacial score (nSPS) is 20.5. The van der Waals surface area contributed by atoms with E-state index in [-0.39, 0.29) is 23.5 Å². The number of thiophene rings is 1. The van der Waals surface area contributed by atoms with Crippen molar-refractivity contribution in [2.45, 2.75) is 32.2 Å². The minimum atomic E-state index is -3.07. The first-order valence-corrected chi connectivity index (χ1v) is 11.2. The summed E-state index contributed by atoms with van der Waals surface area (Å²) in [5.41, 5.74) is 2.27. The summed E-state index contributed by atoms with van der Waals surface area (Å²) < 4.78 is 23.3. The predicted octanol–water partition coefficient (Wildman–Crippen LogP) is 3.51. The fourth-order valence-electron chi connectivity index (χ4n) is 3.11. The summed E-state index contributed by atoms with van der Waals surface area (Å²) in [6, 6.07) is 12.0. The molecule has 1 fully saturated rings. The minimum Gasteiger partial charge on any atom is -0.344 e. The molecule has 1 N–H and O–H groups in total. The SMILES string of the molecule is CC(C)c1ccc([C@@H](NC(=O)[C@H]2CCS(=O)(=O)C2)c2cccs2)cc1. The lowest BCUT2D eigenvalue weighted by Gasteiger charge is -2.20. The molecule has 0 saturated carbocycles. The minimum absolute atomic E-state index is 0.0394. The maximum atomic E-state index is 12.6. The molecular weight excluding hydrogens is 354 g/mol. The van der Waals surface area contributed by atoms with Crippen molar-refractivity contribution in [1.82, 2.24) is 5.32 Å². The van der Waals surface area contributed by atoms with E-state index >= 15 is 0 Å². The first-order chi connectivity index (χ1) is 11.9. The first-order valence-electron chi connectivity index (χ1n) is 8.50. The number of sulfone groups is 1. The molecule has 0 spiro atoms. The number of carbonyl (C=O) groups excluding carboxylic acids is 1. The van der Waals surface area contributed by atoms with Crippen molar-refractivity contribution in [3.8, 4) is 0 Å². The number of hydrogen-bond acceptors (Lipinski definition) is 4. The molecule has 0 aliphatic carbocycles. The summed E-state index contributed by atoms with van der Waals surface area (Å²) in [6.45, 7) is 4.29. The van der Waals surface area contributed by atoms with Crippen LogP contribution < -0.4 is 5.32 Å². The lowest BCUT2D eigenvalue weighted by molar-refractivity contribution is -0.124. The van der Waals surface area contributed by atoms with Gasteiger partial charge in [0.15, 0.2) is 9.84 Å². The van der Waals surface area contributed by atoms with Gasteiger partial charge in [-0.05, 0) is 34.9 Å². The van der Waals surface area contributed by atoms with Gasteiger partial charge >= 0.3 is 0 Å². The van der Waals surface area contributed by atoms with Crippen LogP contribution in [0, 0.1) is 5.92 Å². The molecule has 1 amide bonds. The topological polar surface area (TPSA) is 63.2 Å². The van der Waals surface area contributed by atoms with Crippen LogP contribution in [-0.2, 0) is 14.6 Å². The molecule has 1 aromatic heterocycles. The van der Waals surface area contributed by atoms with Crippen LogP contribution >= 0.6 is 11.3 Å². The van der Waals surface area contributed by atoms with Crippen molar-refractivity contribution in [1.29, 1.82) is 0 Å². The second-order valence-corrected chi connectivity index (χ2v) is 10.1. The maximum Gasteiger partial charge on any atom is 0.224 e. The molecule has 1 saturated heterocycles. The van der Waals surface area contributed by atoms with Gasteiger partial charge in [-0.1, -0.05) is 44.2 Å². The fourth-order valence-corrected chi connectivity index (χ4v) is 5.65. The average molecular weight is 378 g/mol. The highest BCUT2D eigenvalue weighted by Crippen LogP contribution is 2.29. The van der Waals surface area contributed by atoms with Gasteiger partial charge in [0.25, 0.3) is 0 Å². The van der Waals surface area contributed by atoms with Gasteiger partial charge in [-0.3, -0.25) is 4.79 Å². The fraction of sp³-hybridized carbons (Fsp3) is 0.421. The third kappa shape index (κ3) is 4.30. The number of hydrogen-bond donors (Lipinski definition) is 1. The monoisotopic (exact) mass is 377 g/mol. The molecule has 134 valence electrons. The van der Waals surface area contributed by atoms with Crippen molar-refractivity contribution < 1.29 is 13.2 Å². The van der Waals surface area contributed by atoms with E-state index in [0.717, 1.165) is 10.4 Å². The molecule has 1 aliphatic rings. The molecule has 1 aromatic carbocycles. The zero-order valence-electron chi connectivity index (χ0n) is 14.4. The van der Waals surface area contributed by atoms with Gasteiger partial charge in [-0.25, -0.2) is 8.42 Å². The smallest absolute Gasteiger partial charge is 0.224 e. The zero-order valence-corrected chi connectivity index (χ0v) is 16.1. The number of carbonyl (C=O) groups is 1. The quantitative estimate of drug-likeness (QED) is 0.867. The molecule has 2 heterocycles. The summed E-state index contributed by atoms with van der Waals surface area (Å²) >= 11 is 1.59. The predicted molar refractivity (Wildman–Crippen MR) is 102 cm³/mol. The van der Waals surface area contributed by atoms with Crippen LogP contribution in [0.15, 0.2) is 41.8 Å². The highest BCUT2D eigenvalue weighted by atomic mass is 32.2. The van der Waals surface area contributed by atoms with Gasteiger partial charge in [-0.15, -0.1) is 11.3 Å². The van der Waals surface area contributed by atoms with E-state index in [0.29, 0.717) is 12.3 Å². The third-order valence-electron chi connectivity index (χ3n) is 4.65. The summed E-state index contributed by atoms with van der Waals surface area (Å²) in [5.74, 6) is -0.0949. The maximum absolute atomic E-state index is 12.6. The summed E-state index contributed by atoms with van der Waals surface area (Å²) in [7, 11) is -3.07. The van der Waals surface area contributed by atoms with Crippen LogP contribution in [0.3, 0.4) is 0 Å². The molecule has 4 nitrogen and oxygen atoms in total. The lowest BCUT2D eigenvalue weighted by atomic mass is 9.98. The van der Waals surface area contributed by atoms with Gasteiger partial charge < -0.3 is 5.32 Å². The summed E-state index contributed by atoms with van der Waals surface area (Å²) in [5, 5.41) is 5.05. The largest absolute Gasteiger partial charge is 0.344 e. The third-order valence-corrected chi connectivity index (χ3v) is 7.36. The first kappa shape index (κ1) is 18.1. The molecule has 3 rings (SSSR count). The standard InChI is InChI=1S/C19H23NO3S2/c1-13(2)14-5-7-15(8-6-14)18(17-4-3-10-24-17)20-19(21)16-9-11-25(22,23)12-16/h3-8,10,13,16,18H,9,11-12H2,1-2H3,(H,20,21)/t16-,18+/m0/s1. The van der Waals surface area contributed by atoms with E-state index in [1.807, 2.05) is 29.6 Å². The number of rotatable bonds is 5. The molecule has 2 aromatic rings. The zero-order chi connectivity index (χ0) is 18.0. The van der Waals surface area contributed by atoms with E-state index in [2.05, 4.69) is 31.3 Å². The van der Waals surface area contributed by atoms with E-state index in [9.17, 15) is 13.2 Å². The molecule has 6 heteroatoms. The number of nitrogens with one attached hydrogen (secondary N) is 1. The Balaban J connectivity index is 1.82. The Bertz CT molecular complexity index is 824. The molecule has 0 unspecified atom stereocenters. The second kappa shape index (κ2) is 7.30. The molecule has 2 atom stereocenters. The Kier molecular flexibility index (Phi) is 5.29. The average Bonchev–Trinajstić information content (AvgIpc) is 3.22. The van der Waals surface area contributed by atoms with Crippen LogP contribution in [0.4, 0.5) is 0 Å². The summed E-state index contributed by atoms with van der Waals surface area (Å²) in [4.78, 5) is 13.7. The summed E-state index contributed by atoms with van der Waals surface area (Å²) in [6.07, 6.45) is 0.414. The lowest BCUT2D eigenvalue weighted by Crippen LogP contribution is -2.34. The molecular formula is C19H23NO3S2. The number of benzene rings is 1. The van der Waals surface area contributed by atoms with Crippen molar-refractivity contribution in [3.05, 3.63) is 57.8 Å². The van der Waals surface area contributed by atoms with E-state index < -0.39 is 15.8 Å². The van der Waals surface area contributed by atoms with Crippen LogP contribution in [0.1, 0.15) is 48.2 Å². The highest BCUT2D eigenvalue weighted by Gasteiger charge is 2.34. The molecule has 0 bridgehead atoms.